The van der Waals surface area contributed by atoms with Crippen molar-refractivity contribution in [2.24, 2.45) is 0 Å². The first-order chi connectivity index (χ1) is 9.32. The van der Waals surface area contributed by atoms with Crippen LogP contribution in [0.25, 0.3) is 6.08 Å². The van der Waals surface area contributed by atoms with Crippen LogP contribution in [0.2, 0.25) is 0 Å². The maximum Gasteiger partial charge on any atom is 0.333 e. The van der Waals surface area contributed by atoms with E-state index in [0.717, 1.165) is 14.9 Å². The Morgan fingerprint density at radius 1 is 1.15 bits per heavy atom. The number of hydrogen-bond donors (Lipinski definition) is 0. The number of imide groups is 2. The number of urea groups is 1. The second-order valence-electron chi connectivity index (χ2n) is 4.51. The Hall–Kier alpha value is -2.22. The van der Waals surface area contributed by atoms with Crippen molar-refractivity contribution >= 4 is 40.4 Å². The molecular formula is C12H14N4O3S. The molecule has 0 saturated carbocycles. The third-order valence-corrected chi connectivity index (χ3v) is 3.94. The zero-order chi connectivity index (χ0) is 15.0. The maximum atomic E-state index is 12.0. The van der Waals surface area contributed by atoms with E-state index in [0.29, 0.717) is 4.88 Å². The molecule has 4 amide bonds. The highest BCUT2D eigenvalue weighted by atomic mass is 32.1. The number of amides is 4. The molecule has 1 fully saturated rings. The highest BCUT2D eigenvalue weighted by Crippen LogP contribution is 2.24. The van der Waals surface area contributed by atoms with Crippen molar-refractivity contribution in [1.29, 1.82) is 0 Å². The molecule has 1 aromatic heterocycles. The van der Waals surface area contributed by atoms with Crippen molar-refractivity contribution in [3.8, 4) is 0 Å². The monoisotopic (exact) mass is 294 g/mol. The number of aromatic nitrogens is 1. The van der Waals surface area contributed by atoms with E-state index in [1.165, 1.54) is 31.5 Å². The van der Waals surface area contributed by atoms with E-state index in [-0.39, 0.29) is 5.57 Å². The van der Waals surface area contributed by atoms with Crippen LogP contribution >= 0.6 is 11.3 Å². The van der Waals surface area contributed by atoms with E-state index >= 15 is 0 Å². The zero-order valence-corrected chi connectivity index (χ0v) is 12.4. The van der Waals surface area contributed by atoms with Gasteiger partial charge < -0.3 is 4.90 Å². The lowest BCUT2D eigenvalue weighted by atomic mass is 10.1. The molecule has 7 nitrogen and oxygen atoms in total. The molecule has 0 radical (unpaired) electrons. The van der Waals surface area contributed by atoms with Crippen LogP contribution in [0.4, 0.5) is 9.93 Å². The molecule has 0 aliphatic carbocycles. The summed E-state index contributed by atoms with van der Waals surface area (Å²) in [4.78, 5) is 44.1. The van der Waals surface area contributed by atoms with Gasteiger partial charge in [0.25, 0.3) is 11.8 Å². The van der Waals surface area contributed by atoms with Crippen molar-refractivity contribution in [1.82, 2.24) is 14.8 Å². The lowest BCUT2D eigenvalue weighted by molar-refractivity contribution is -0.134. The summed E-state index contributed by atoms with van der Waals surface area (Å²) in [5.41, 5.74) is -0.0384. The van der Waals surface area contributed by atoms with E-state index in [2.05, 4.69) is 4.98 Å². The highest BCUT2D eigenvalue weighted by molar-refractivity contribution is 7.16. The van der Waals surface area contributed by atoms with Crippen LogP contribution in [0.3, 0.4) is 0 Å². The summed E-state index contributed by atoms with van der Waals surface area (Å²) in [5, 5.41) is 0.769. The molecule has 1 aromatic rings. The third-order valence-electron chi connectivity index (χ3n) is 2.82. The fourth-order valence-corrected chi connectivity index (χ4v) is 2.45. The minimum atomic E-state index is -0.629. The number of hydrogen-bond acceptors (Lipinski definition) is 6. The van der Waals surface area contributed by atoms with Crippen molar-refractivity contribution in [2.45, 2.75) is 0 Å². The van der Waals surface area contributed by atoms with Gasteiger partial charge in [-0.3, -0.25) is 19.4 Å². The average Bonchev–Trinajstić information content (AvgIpc) is 2.88. The lowest BCUT2D eigenvalue weighted by Gasteiger charge is -2.28. The zero-order valence-electron chi connectivity index (χ0n) is 11.6. The van der Waals surface area contributed by atoms with E-state index in [1.54, 1.807) is 6.20 Å². The molecule has 0 unspecified atom stereocenters. The molecule has 0 aromatic carbocycles. The molecule has 8 heteroatoms. The van der Waals surface area contributed by atoms with Crippen molar-refractivity contribution in [3.63, 3.8) is 0 Å². The Balaban J connectivity index is 2.38. The summed E-state index contributed by atoms with van der Waals surface area (Å²) in [7, 11) is 6.40. The van der Waals surface area contributed by atoms with Gasteiger partial charge in [-0.05, 0) is 6.08 Å². The van der Waals surface area contributed by atoms with Gasteiger partial charge in [0, 0.05) is 34.4 Å². The van der Waals surface area contributed by atoms with Gasteiger partial charge >= 0.3 is 6.03 Å². The molecule has 1 saturated heterocycles. The van der Waals surface area contributed by atoms with Crippen LogP contribution in [-0.4, -0.2) is 60.8 Å². The second kappa shape index (κ2) is 5.04. The predicted octanol–water partition coefficient (Wildman–Crippen LogP) is 0.643. The fraction of sp³-hybridized carbons (Fsp3) is 0.333. The average molecular weight is 294 g/mol. The van der Waals surface area contributed by atoms with Gasteiger partial charge in [-0.25, -0.2) is 9.78 Å². The molecule has 0 atom stereocenters. The molecule has 0 bridgehead atoms. The second-order valence-corrected chi connectivity index (χ2v) is 5.55. The van der Waals surface area contributed by atoms with Crippen molar-refractivity contribution < 1.29 is 14.4 Å². The topological polar surface area (TPSA) is 73.8 Å². The number of nitrogens with zero attached hydrogens (tertiary/aromatic N) is 4. The summed E-state index contributed by atoms with van der Waals surface area (Å²) in [6, 6.07) is -0.629. The number of anilines is 1. The quantitative estimate of drug-likeness (QED) is 0.591. The van der Waals surface area contributed by atoms with E-state index < -0.39 is 17.8 Å². The number of carbonyl (C=O) groups is 3. The largest absolute Gasteiger partial charge is 0.354 e. The number of carbonyl (C=O) groups excluding carboxylic acids is 3. The van der Waals surface area contributed by atoms with E-state index in [9.17, 15) is 14.4 Å². The van der Waals surface area contributed by atoms with Crippen molar-refractivity contribution in [2.75, 3.05) is 33.1 Å². The molecule has 0 N–H and O–H groups in total. The van der Waals surface area contributed by atoms with Crippen LogP contribution in [0.1, 0.15) is 4.88 Å². The molecule has 0 spiro atoms. The molecule has 1 aliphatic rings. The molecule has 1 aliphatic heterocycles. The summed E-state index contributed by atoms with van der Waals surface area (Å²) < 4.78 is 0. The van der Waals surface area contributed by atoms with Crippen molar-refractivity contribution in [3.05, 3.63) is 16.6 Å². The van der Waals surface area contributed by atoms with Crippen LogP contribution in [-0.2, 0) is 9.59 Å². The van der Waals surface area contributed by atoms with E-state index in [4.69, 9.17) is 0 Å². The highest BCUT2D eigenvalue weighted by Gasteiger charge is 2.37. The first-order valence-corrected chi connectivity index (χ1v) is 6.59. The van der Waals surface area contributed by atoms with Gasteiger partial charge in [0.2, 0.25) is 0 Å². The molecular weight excluding hydrogens is 280 g/mol. The van der Waals surface area contributed by atoms with Crippen LogP contribution in [0.5, 0.6) is 0 Å². The van der Waals surface area contributed by atoms with Gasteiger partial charge in [0.05, 0.1) is 4.88 Å². The van der Waals surface area contributed by atoms with Gasteiger partial charge in [-0.2, -0.15) is 0 Å². The number of rotatable bonds is 2. The SMILES string of the molecule is CN1C(=O)C(=Cc2cnc(N(C)C)s2)C(=O)N(C)C1=O. The lowest BCUT2D eigenvalue weighted by Crippen LogP contribution is -2.52. The Morgan fingerprint density at radius 2 is 1.70 bits per heavy atom. The van der Waals surface area contributed by atoms with Crippen LogP contribution < -0.4 is 4.90 Å². The summed E-state index contributed by atoms with van der Waals surface area (Å²) >= 11 is 1.35. The molecule has 2 heterocycles. The summed E-state index contributed by atoms with van der Waals surface area (Å²) in [6.07, 6.45) is 3.05. The predicted molar refractivity (Wildman–Crippen MR) is 75.4 cm³/mol. The number of barbiturate groups is 1. The Morgan fingerprint density at radius 3 is 2.15 bits per heavy atom. The number of likely N-dealkylation sites (N-methyl/N-ethyl adjacent to an activating group) is 2. The minimum absolute atomic E-state index is 0.0384. The summed E-state index contributed by atoms with van der Waals surface area (Å²) in [5.74, 6) is -1.20. The summed E-state index contributed by atoms with van der Waals surface area (Å²) in [6.45, 7) is 0. The Labute approximate surface area is 120 Å². The van der Waals surface area contributed by atoms with Gasteiger partial charge in [-0.1, -0.05) is 11.3 Å². The Kier molecular flexibility index (Phi) is 3.58. The minimum Gasteiger partial charge on any atom is -0.354 e. The Bertz CT molecular complexity index is 594. The molecule has 2 rings (SSSR count). The smallest absolute Gasteiger partial charge is 0.333 e. The first kappa shape index (κ1) is 14.2. The van der Waals surface area contributed by atoms with Gasteiger partial charge in [0.1, 0.15) is 5.57 Å². The first-order valence-electron chi connectivity index (χ1n) is 5.78. The normalized spacial score (nSPS) is 16.0. The standard InChI is InChI=1S/C12H14N4O3S/c1-14(2)11-13-6-7(20-11)5-8-9(17)15(3)12(19)16(4)10(8)18/h5-6H,1-4H3. The van der Waals surface area contributed by atoms with Gasteiger partial charge in [0.15, 0.2) is 5.13 Å². The molecule has 20 heavy (non-hydrogen) atoms. The van der Waals surface area contributed by atoms with Gasteiger partial charge in [-0.15, -0.1) is 0 Å². The van der Waals surface area contributed by atoms with E-state index in [1.807, 2.05) is 19.0 Å². The van der Waals surface area contributed by atoms with Crippen LogP contribution in [0.15, 0.2) is 11.8 Å². The fourth-order valence-electron chi connectivity index (χ4n) is 1.67. The number of thiazole rings is 1. The third kappa shape index (κ3) is 2.29. The molecule has 106 valence electrons. The maximum absolute atomic E-state index is 12.0. The van der Waals surface area contributed by atoms with Crippen LogP contribution in [0, 0.1) is 0 Å².